The predicted octanol–water partition coefficient (Wildman–Crippen LogP) is 0.467. The molecule has 0 radical (unpaired) electrons. The van der Waals surface area contributed by atoms with Crippen molar-refractivity contribution in [3.8, 4) is 0 Å². The van der Waals surface area contributed by atoms with E-state index in [0.717, 1.165) is 25.8 Å². The Hall–Kier alpha value is -0.870. The van der Waals surface area contributed by atoms with Crippen LogP contribution in [-0.2, 0) is 13.5 Å². The molecule has 2 rings (SSSR count). The van der Waals surface area contributed by atoms with Crippen LogP contribution < -0.4 is 5.32 Å². The molecule has 1 aromatic heterocycles. The monoisotopic (exact) mass is 209 g/mol. The quantitative estimate of drug-likeness (QED) is 0.758. The van der Waals surface area contributed by atoms with Crippen LogP contribution in [0.1, 0.15) is 24.8 Å². The maximum absolute atomic E-state index is 9.42. The van der Waals surface area contributed by atoms with Gasteiger partial charge in [0.25, 0.3) is 0 Å². The summed E-state index contributed by atoms with van der Waals surface area (Å²) in [6.45, 7) is 1.28. The van der Waals surface area contributed by atoms with Crippen LogP contribution in [0, 0.1) is 0 Å². The number of hydrogen-bond donors (Lipinski definition) is 2. The Morgan fingerprint density at radius 1 is 1.67 bits per heavy atom. The molecule has 1 aliphatic heterocycles. The van der Waals surface area contributed by atoms with Crippen molar-refractivity contribution in [2.24, 2.45) is 7.05 Å². The second-order valence-corrected chi connectivity index (χ2v) is 4.49. The minimum atomic E-state index is -0.0319. The van der Waals surface area contributed by atoms with E-state index in [1.807, 2.05) is 24.1 Å². The van der Waals surface area contributed by atoms with Crippen LogP contribution in [-0.4, -0.2) is 33.6 Å². The molecule has 1 aliphatic rings. The smallest absolute Gasteiger partial charge is 0.0613 e. The van der Waals surface area contributed by atoms with Gasteiger partial charge < -0.3 is 10.4 Å². The van der Waals surface area contributed by atoms with Gasteiger partial charge in [-0.3, -0.25) is 4.68 Å². The summed E-state index contributed by atoms with van der Waals surface area (Å²) in [5.74, 6) is 0. The second kappa shape index (κ2) is 4.33. The lowest BCUT2D eigenvalue weighted by Crippen LogP contribution is -2.43. The van der Waals surface area contributed by atoms with E-state index in [1.165, 1.54) is 12.0 Å². The number of aliphatic hydroxyl groups is 1. The highest BCUT2D eigenvalue weighted by atomic mass is 16.3. The minimum Gasteiger partial charge on any atom is -0.394 e. The van der Waals surface area contributed by atoms with Gasteiger partial charge in [-0.1, -0.05) is 0 Å². The highest BCUT2D eigenvalue weighted by molar-refractivity contribution is 5.06. The van der Waals surface area contributed by atoms with Crippen LogP contribution in [0.2, 0.25) is 0 Å². The molecule has 0 saturated carbocycles. The Morgan fingerprint density at radius 2 is 2.53 bits per heavy atom. The third-order valence-electron chi connectivity index (χ3n) is 3.29. The number of hydrogen-bond acceptors (Lipinski definition) is 3. The van der Waals surface area contributed by atoms with Crippen molar-refractivity contribution >= 4 is 0 Å². The Labute approximate surface area is 90.3 Å². The molecule has 4 heteroatoms. The third-order valence-corrected chi connectivity index (χ3v) is 3.29. The van der Waals surface area contributed by atoms with Crippen molar-refractivity contribution in [1.29, 1.82) is 0 Å². The Bertz CT molecular complexity index is 315. The summed E-state index contributed by atoms with van der Waals surface area (Å²) < 4.78 is 1.82. The first-order valence-electron chi connectivity index (χ1n) is 5.57. The highest BCUT2D eigenvalue weighted by Crippen LogP contribution is 2.24. The molecule has 0 bridgehead atoms. The van der Waals surface area contributed by atoms with Crippen LogP contribution >= 0.6 is 0 Å². The van der Waals surface area contributed by atoms with Crippen molar-refractivity contribution in [3.63, 3.8) is 0 Å². The molecule has 1 atom stereocenters. The second-order valence-electron chi connectivity index (χ2n) is 4.49. The van der Waals surface area contributed by atoms with Crippen LogP contribution in [0.25, 0.3) is 0 Å². The molecule has 1 unspecified atom stereocenters. The fraction of sp³-hybridized carbons (Fsp3) is 0.727. The topological polar surface area (TPSA) is 50.1 Å². The van der Waals surface area contributed by atoms with Crippen molar-refractivity contribution in [2.45, 2.75) is 31.2 Å². The molecule has 1 fully saturated rings. The van der Waals surface area contributed by atoms with Gasteiger partial charge in [-0.05, 0) is 37.8 Å². The first-order valence-corrected chi connectivity index (χ1v) is 5.57. The maximum atomic E-state index is 9.42. The van der Waals surface area contributed by atoms with E-state index in [-0.39, 0.29) is 12.1 Å². The van der Waals surface area contributed by atoms with Crippen molar-refractivity contribution in [2.75, 3.05) is 13.2 Å². The fourth-order valence-corrected chi connectivity index (χ4v) is 2.28. The lowest BCUT2D eigenvalue weighted by molar-refractivity contribution is 0.169. The van der Waals surface area contributed by atoms with Gasteiger partial charge in [0, 0.05) is 18.8 Å². The molecule has 0 aromatic carbocycles. The zero-order chi connectivity index (χ0) is 10.7. The summed E-state index contributed by atoms with van der Waals surface area (Å²) in [7, 11) is 1.93. The summed E-state index contributed by atoms with van der Waals surface area (Å²) in [5.41, 5.74) is 1.22. The molecule has 0 amide bonds. The van der Waals surface area contributed by atoms with Gasteiger partial charge in [0.15, 0.2) is 0 Å². The van der Waals surface area contributed by atoms with Gasteiger partial charge in [-0.15, -0.1) is 0 Å². The number of nitrogens with one attached hydrogen (secondary N) is 1. The lowest BCUT2D eigenvalue weighted by Gasteiger charge is -2.26. The molecule has 1 saturated heterocycles. The van der Waals surface area contributed by atoms with Crippen LogP contribution in [0.4, 0.5) is 0 Å². The summed E-state index contributed by atoms with van der Waals surface area (Å²) >= 11 is 0. The molecule has 2 N–H and O–H groups in total. The van der Waals surface area contributed by atoms with Crippen LogP contribution in [0.15, 0.2) is 12.4 Å². The zero-order valence-electron chi connectivity index (χ0n) is 9.24. The first-order chi connectivity index (χ1) is 7.24. The van der Waals surface area contributed by atoms with E-state index in [0.29, 0.717) is 0 Å². The minimum absolute atomic E-state index is 0.0319. The number of aromatic nitrogens is 2. The highest BCUT2D eigenvalue weighted by Gasteiger charge is 2.32. The molecule has 0 spiro atoms. The summed E-state index contributed by atoms with van der Waals surface area (Å²) in [5, 5.41) is 17.0. The molecular formula is C11H19N3O. The van der Waals surface area contributed by atoms with Gasteiger partial charge in [-0.25, -0.2) is 0 Å². The first kappa shape index (κ1) is 10.6. The van der Waals surface area contributed by atoms with Gasteiger partial charge >= 0.3 is 0 Å². The zero-order valence-corrected chi connectivity index (χ0v) is 9.24. The fourth-order valence-electron chi connectivity index (χ4n) is 2.28. The SMILES string of the molecule is Cn1cc(CCC2(CO)CCCN2)cn1. The van der Waals surface area contributed by atoms with Gasteiger partial charge in [-0.2, -0.15) is 5.10 Å². The van der Waals surface area contributed by atoms with Crippen LogP contribution in [0.3, 0.4) is 0 Å². The van der Waals surface area contributed by atoms with E-state index < -0.39 is 0 Å². The van der Waals surface area contributed by atoms with Gasteiger partial charge in [0.1, 0.15) is 0 Å². The molecule has 0 aliphatic carbocycles. The number of aryl methyl sites for hydroxylation is 2. The van der Waals surface area contributed by atoms with Crippen molar-refractivity contribution in [1.82, 2.24) is 15.1 Å². The van der Waals surface area contributed by atoms with Crippen molar-refractivity contribution in [3.05, 3.63) is 18.0 Å². The standard InChI is InChI=1S/C11H19N3O/c1-14-8-10(7-13-14)3-5-11(9-15)4-2-6-12-11/h7-8,12,15H,2-6,9H2,1H3. The molecule has 15 heavy (non-hydrogen) atoms. The average molecular weight is 209 g/mol. The van der Waals surface area contributed by atoms with Crippen LogP contribution in [0.5, 0.6) is 0 Å². The normalized spacial score (nSPS) is 26.0. The molecular weight excluding hydrogens is 190 g/mol. The average Bonchev–Trinajstić information content (AvgIpc) is 2.85. The third kappa shape index (κ3) is 2.38. The van der Waals surface area contributed by atoms with E-state index in [1.54, 1.807) is 0 Å². The summed E-state index contributed by atoms with van der Waals surface area (Å²) in [4.78, 5) is 0. The van der Waals surface area contributed by atoms with Gasteiger partial charge in [0.2, 0.25) is 0 Å². The Kier molecular flexibility index (Phi) is 3.07. The van der Waals surface area contributed by atoms with Gasteiger partial charge in [0.05, 0.1) is 12.8 Å². The Morgan fingerprint density at radius 3 is 3.07 bits per heavy atom. The predicted molar refractivity (Wildman–Crippen MR) is 58.6 cm³/mol. The van der Waals surface area contributed by atoms with E-state index in [9.17, 15) is 5.11 Å². The number of rotatable bonds is 4. The molecule has 1 aromatic rings. The van der Waals surface area contributed by atoms with E-state index >= 15 is 0 Å². The lowest BCUT2D eigenvalue weighted by atomic mass is 9.91. The number of nitrogens with zero attached hydrogens (tertiary/aromatic N) is 2. The molecule has 84 valence electrons. The Balaban J connectivity index is 1.91. The largest absolute Gasteiger partial charge is 0.394 e. The van der Waals surface area contributed by atoms with E-state index in [4.69, 9.17) is 0 Å². The molecule has 4 nitrogen and oxygen atoms in total. The number of aliphatic hydroxyl groups excluding tert-OH is 1. The van der Waals surface area contributed by atoms with Crippen molar-refractivity contribution < 1.29 is 5.11 Å². The summed E-state index contributed by atoms with van der Waals surface area (Å²) in [6.07, 6.45) is 8.19. The summed E-state index contributed by atoms with van der Waals surface area (Å²) in [6, 6.07) is 0. The maximum Gasteiger partial charge on any atom is 0.0613 e. The molecule has 2 heterocycles. The van der Waals surface area contributed by atoms with E-state index in [2.05, 4.69) is 10.4 Å².